The average Bonchev–Trinajstić information content (AvgIpc) is 2.49. The van der Waals surface area contributed by atoms with E-state index in [-0.39, 0.29) is 16.7 Å². The summed E-state index contributed by atoms with van der Waals surface area (Å²) in [4.78, 5) is 12.9. The summed E-state index contributed by atoms with van der Waals surface area (Å²) in [5.74, 6) is 0. The first-order valence-electron chi connectivity index (χ1n) is 6.88. The molecule has 0 saturated heterocycles. The summed E-state index contributed by atoms with van der Waals surface area (Å²) >= 11 is 3.26. The topological polar surface area (TPSA) is 58.4 Å². The highest BCUT2D eigenvalue weighted by Crippen LogP contribution is 2.29. The summed E-state index contributed by atoms with van der Waals surface area (Å²) in [6.07, 6.45) is 0. The smallest absolute Gasteiger partial charge is 0.293 e. The molecule has 0 bridgehead atoms. The minimum atomic E-state index is -0.375. The van der Waals surface area contributed by atoms with E-state index in [4.69, 9.17) is 0 Å². The van der Waals surface area contributed by atoms with Gasteiger partial charge in [0, 0.05) is 17.1 Å². The molecule has 0 spiro atoms. The Morgan fingerprint density at radius 1 is 1.23 bits per heavy atom. The second kappa shape index (κ2) is 7.38. The zero-order valence-corrected chi connectivity index (χ0v) is 14.1. The maximum atomic E-state index is 11.2. The summed E-state index contributed by atoms with van der Waals surface area (Å²) in [7, 11) is 3.99. The van der Waals surface area contributed by atoms with Gasteiger partial charge in [-0.3, -0.25) is 10.1 Å². The molecule has 0 aromatic heterocycles. The molecule has 2 rings (SSSR count). The molecule has 6 heteroatoms. The van der Waals surface area contributed by atoms with Crippen molar-refractivity contribution in [3.8, 4) is 0 Å². The molecule has 1 unspecified atom stereocenters. The van der Waals surface area contributed by atoms with E-state index in [1.54, 1.807) is 12.1 Å². The summed E-state index contributed by atoms with van der Waals surface area (Å²) in [5.41, 5.74) is 1.76. The predicted molar refractivity (Wildman–Crippen MR) is 92.2 cm³/mol. The van der Waals surface area contributed by atoms with Crippen LogP contribution in [0.2, 0.25) is 0 Å². The van der Waals surface area contributed by atoms with Crippen LogP contribution >= 0.6 is 15.9 Å². The first-order valence-corrected chi connectivity index (χ1v) is 7.67. The number of nitrogens with one attached hydrogen (secondary N) is 1. The lowest BCUT2D eigenvalue weighted by atomic mass is 10.1. The highest BCUT2D eigenvalue weighted by molar-refractivity contribution is 9.10. The number of nitro benzene ring substituents is 1. The van der Waals surface area contributed by atoms with Crippen LogP contribution in [-0.2, 0) is 0 Å². The van der Waals surface area contributed by atoms with Gasteiger partial charge in [0.15, 0.2) is 0 Å². The van der Waals surface area contributed by atoms with E-state index >= 15 is 0 Å². The van der Waals surface area contributed by atoms with Crippen molar-refractivity contribution >= 4 is 27.3 Å². The lowest BCUT2D eigenvalue weighted by Crippen LogP contribution is -2.27. The largest absolute Gasteiger partial charge is 0.378 e. The van der Waals surface area contributed by atoms with Gasteiger partial charge in [-0.15, -0.1) is 0 Å². The fraction of sp³-hybridized carbons (Fsp3) is 0.250. The molecular weight excluding hydrogens is 346 g/mol. The minimum absolute atomic E-state index is 0.0694. The molecule has 0 aliphatic heterocycles. The van der Waals surface area contributed by atoms with Gasteiger partial charge in [0.05, 0.1) is 11.0 Å². The van der Waals surface area contributed by atoms with Crippen molar-refractivity contribution in [1.29, 1.82) is 0 Å². The van der Waals surface area contributed by atoms with Crippen molar-refractivity contribution in [1.82, 2.24) is 4.90 Å². The molecule has 2 aromatic carbocycles. The van der Waals surface area contributed by atoms with Crippen molar-refractivity contribution in [2.45, 2.75) is 6.04 Å². The molecule has 0 saturated carbocycles. The summed E-state index contributed by atoms with van der Waals surface area (Å²) < 4.78 is 0.692. The molecule has 1 atom stereocenters. The van der Waals surface area contributed by atoms with Crippen LogP contribution in [0.4, 0.5) is 11.4 Å². The van der Waals surface area contributed by atoms with Crippen molar-refractivity contribution in [2.24, 2.45) is 0 Å². The Bertz CT molecular complexity index is 647. The molecule has 1 N–H and O–H groups in total. The highest BCUT2D eigenvalue weighted by atomic mass is 79.9. The van der Waals surface area contributed by atoms with E-state index in [0.717, 1.165) is 0 Å². The fourth-order valence-electron chi connectivity index (χ4n) is 2.29. The fourth-order valence-corrected chi connectivity index (χ4v) is 2.63. The Hall–Kier alpha value is -1.92. The second-order valence-corrected chi connectivity index (χ2v) is 6.11. The van der Waals surface area contributed by atoms with Crippen LogP contribution in [0.5, 0.6) is 0 Å². The zero-order chi connectivity index (χ0) is 16.1. The predicted octanol–water partition coefficient (Wildman–Crippen LogP) is 4.07. The van der Waals surface area contributed by atoms with E-state index in [1.807, 2.05) is 32.3 Å². The standard InChI is InChI=1S/C16H18BrN3O2/c1-19(2)16(12-6-4-3-5-7-12)11-18-14-9-8-13(17)10-15(14)20(21)22/h3-10,16,18H,11H2,1-2H3. The first-order chi connectivity index (χ1) is 10.5. The number of hydrogen-bond acceptors (Lipinski definition) is 4. The third-order valence-electron chi connectivity index (χ3n) is 3.45. The van der Waals surface area contributed by atoms with Crippen molar-refractivity contribution in [2.75, 3.05) is 26.0 Å². The Kier molecular flexibility index (Phi) is 5.51. The average molecular weight is 364 g/mol. The normalized spacial score (nSPS) is 12.2. The van der Waals surface area contributed by atoms with Gasteiger partial charge in [0.2, 0.25) is 0 Å². The number of anilines is 1. The van der Waals surface area contributed by atoms with E-state index in [1.165, 1.54) is 11.6 Å². The van der Waals surface area contributed by atoms with E-state index in [0.29, 0.717) is 16.7 Å². The molecule has 0 radical (unpaired) electrons. The van der Waals surface area contributed by atoms with Crippen LogP contribution < -0.4 is 5.32 Å². The SMILES string of the molecule is CN(C)C(CNc1ccc(Br)cc1[N+](=O)[O-])c1ccccc1. The van der Waals surface area contributed by atoms with Gasteiger partial charge in [0.1, 0.15) is 5.69 Å². The Morgan fingerprint density at radius 3 is 2.50 bits per heavy atom. The van der Waals surface area contributed by atoms with E-state index in [9.17, 15) is 10.1 Å². The maximum absolute atomic E-state index is 11.2. The number of benzene rings is 2. The van der Waals surface area contributed by atoms with E-state index in [2.05, 4.69) is 38.3 Å². The molecule has 0 amide bonds. The van der Waals surface area contributed by atoms with Crippen LogP contribution in [0, 0.1) is 10.1 Å². The van der Waals surface area contributed by atoms with Gasteiger partial charge >= 0.3 is 0 Å². The van der Waals surface area contributed by atoms with Crippen molar-refractivity contribution in [3.05, 3.63) is 68.7 Å². The van der Waals surface area contributed by atoms with Crippen LogP contribution in [0.25, 0.3) is 0 Å². The lowest BCUT2D eigenvalue weighted by molar-refractivity contribution is -0.384. The van der Waals surface area contributed by atoms with Crippen LogP contribution in [-0.4, -0.2) is 30.5 Å². The maximum Gasteiger partial charge on any atom is 0.293 e. The van der Waals surface area contributed by atoms with Crippen molar-refractivity contribution in [3.63, 3.8) is 0 Å². The molecule has 22 heavy (non-hydrogen) atoms. The Labute approximate surface area is 138 Å². The minimum Gasteiger partial charge on any atom is -0.378 e. The molecule has 2 aromatic rings. The molecule has 0 aliphatic carbocycles. The van der Waals surface area contributed by atoms with Gasteiger partial charge in [-0.1, -0.05) is 46.3 Å². The first kappa shape index (κ1) is 16.5. The summed E-state index contributed by atoms with van der Waals surface area (Å²) in [6, 6.07) is 15.2. The summed E-state index contributed by atoms with van der Waals surface area (Å²) in [5, 5.41) is 14.4. The van der Waals surface area contributed by atoms with Gasteiger partial charge in [-0.25, -0.2) is 0 Å². The third kappa shape index (κ3) is 4.05. The quantitative estimate of drug-likeness (QED) is 0.620. The van der Waals surface area contributed by atoms with Gasteiger partial charge in [0.25, 0.3) is 5.69 Å². The Morgan fingerprint density at radius 2 is 1.91 bits per heavy atom. The van der Waals surface area contributed by atoms with Gasteiger partial charge in [-0.2, -0.15) is 0 Å². The highest BCUT2D eigenvalue weighted by Gasteiger charge is 2.18. The molecular formula is C16H18BrN3O2. The number of likely N-dealkylation sites (N-methyl/N-ethyl adjacent to an activating group) is 1. The molecule has 5 nitrogen and oxygen atoms in total. The number of nitrogens with zero attached hydrogens (tertiary/aromatic N) is 2. The van der Waals surface area contributed by atoms with E-state index < -0.39 is 0 Å². The second-order valence-electron chi connectivity index (χ2n) is 5.19. The number of rotatable bonds is 6. The monoisotopic (exact) mass is 363 g/mol. The molecule has 0 fully saturated rings. The molecule has 116 valence electrons. The Balaban J connectivity index is 2.19. The van der Waals surface area contributed by atoms with Gasteiger partial charge < -0.3 is 10.2 Å². The van der Waals surface area contributed by atoms with Crippen molar-refractivity contribution < 1.29 is 4.92 Å². The van der Waals surface area contributed by atoms with Gasteiger partial charge in [-0.05, 0) is 31.8 Å². The van der Waals surface area contributed by atoms with Crippen LogP contribution in [0.15, 0.2) is 53.0 Å². The molecule has 0 heterocycles. The van der Waals surface area contributed by atoms with Crippen LogP contribution in [0.1, 0.15) is 11.6 Å². The molecule has 0 aliphatic rings. The van der Waals surface area contributed by atoms with Crippen LogP contribution in [0.3, 0.4) is 0 Å². The third-order valence-corrected chi connectivity index (χ3v) is 3.94. The zero-order valence-electron chi connectivity index (χ0n) is 12.5. The summed E-state index contributed by atoms with van der Waals surface area (Å²) in [6.45, 7) is 0.583. The number of halogens is 1. The lowest BCUT2D eigenvalue weighted by Gasteiger charge is -2.25. The number of hydrogen-bond donors (Lipinski definition) is 1. The number of nitro groups is 1.